The van der Waals surface area contributed by atoms with Gasteiger partial charge in [0.25, 0.3) is 11.5 Å². The van der Waals surface area contributed by atoms with Gasteiger partial charge in [0.15, 0.2) is 4.80 Å². The smallest absolute Gasteiger partial charge is 0.271 e. The molecule has 0 unspecified atom stereocenters. The SMILES string of the molecule is CCN(CC)C(=O)C1=C(C)N=c2s/c(=C/c3cc(OC)ccc3OC)c(=O)n2[C@H]1c1c(OC)ccc2ccccc12. The van der Waals surface area contributed by atoms with Gasteiger partial charge in [-0.2, -0.15) is 0 Å². The number of nitrogens with zero attached hydrogens (tertiary/aromatic N) is 3. The number of allylic oxidation sites excluding steroid dienone is 1. The first-order chi connectivity index (χ1) is 19.9. The number of hydrogen-bond acceptors (Lipinski definition) is 7. The van der Waals surface area contributed by atoms with E-state index >= 15 is 0 Å². The second kappa shape index (κ2) is 11.6. The molecule has 0 N–H and O–H groups in total. The van der Waals surface area contributed by atoms with Crippen LogP contribution < -0.4 is 29.1 Å². The highest BCUT2D eigenvalue weighted by molar-refractivity contribution is 7.07. The average Bonchev–Trinajstić information content (AvgIpc) is 3.30. The normalized spacial score (nSPS) is 15.0. The van der Waals surface area contributed by atoms with Gasteiger partial charge in [-0.3, -0.25) is 14.2 Å². The van der Waals surface area contributed by atoms with Crippen LogP contribution in [0, 0.1) is 0 Å². The Hall–Kier alpha value is -4.37. The summed E-state index contributed by atoms with van der Waals surface area (Å²) in [5.41, 5.74) is 2.24. The minimum absolute atomic E-state index is 0.153. The predicted octanol–water partition coefficient (Wildman–Crippen LogP) is 4.28. The molecule has 0 aliphatic carbocycles. The molecule has 8 nitrogen and oxygen atoms in total. The van der Waals surface area contributed by atoms with Gasteiger partial charge in [-0.15, -0.1) is 0 Å². The molecule has 1 amide bonds. The molecular formula is C32H33N3O5S. The van der Waals surface area contributed by atoms with Crippen molar-refractivity contribution in [1.82, 2.24) is 9.47 Å². The maximum atomic E-state index is 14.3. The van der Waals surface area contributed by atoms with Crippen LogP contribution >= 0.6 is 11.3 Å². The van der Waals surface area contributed by atoms with Crippen molar-refractivity contribution in [3.63, 3.8) is 0 Å². The number of thiazole rings is 1. The fourth-order valence-corrected chi connectivity index (χ4v) is 6.42. The second-order valence-electron chi connectivity index (χ2n) is 9.57. The Morgan fingerprint density at radius 3 is 2.39 bits per heavy atom. The standard InChI is InChI=1S/C32H33N3O5S/c1-7-34(8-2)31(37)27-19(3)33-32-35(29(27)28-23-12-10-9-11-20(23)13-15-25(28)40-6)30(36)26(41-32)18-21-17-22(38-4)14-16-24(21)39-5/h9-18,29H,7-8H2,1-6H3/b26-18+/t29-/m1/s1. The lowest BCUT2D eigenvalue weighted by Gasteiger charge is -2.30. The lowest BCUT2D eigenvalue weighted by molar-refractivity contribution is -0.127. The third-order valence-electron chi connectivity index (χ3n) is 7.45. The quantitative estimate of drug-likeness (QED) is 0.315. The Bertz CT molecular complexity index is 1850. The number of aromatic nitrogens is 1. The number of methoxy groups -OCH3 is 3. The summed E-state index contributed by atoms with van der Waals surface area (Å²) in [4.78, 5) is 35.5. The van der Waals surface area contributed by atoms with Crippen molar-refractivity contribution >= 4 is 34.1 Å². The van der Waals surface area contributed by atoms with Crippen LogP contribution in [0.15, 0.2) is 75.7 Å². The number of benzene rings is 3. The van der Waals surface area contributed by atoms with Gasteiger partial charge in [0.2, 0.25) is 0 Å². The molecule has 1 aliphatic rings. The number of hydrogen-bond donors (Lipinski definition) is 0. The van der Waals surface area contributed by atoms with Gasteiger partial charge < -0.3 is 19.1 Å². The fraction of sp³-hybridized carbons (Fsp3) is 0.281. The zero-order valence-corrected chi connectivity index (χ0v) is 24.9. The zero-order chi connectivity index (χ0) is 29.3. The molecule has 41 heavy (non-hydrogen) atoms. The molecule has 9 heteroatoms. The van der Waals surface area contributed by atoms with E-state index in [4.69, 9.17) is 19.2 Å². The van der Waals surface area contributed by atoms with Crippen molar-refractivity contribution in [3.05, 3.63) is 96.7 Å². The Balaban J connectivity index is 1.86. The molecule has 0 bridgehead atoms. The molecule has 0 radical (unpaired) electrons. The number of fused-ring (bicyclic) bond motifs is 2. The van der Waals surface area contributed by atoms with Gasteiger partial charge in [-0.1, -0.05) is 41.7 Å². The molecule has 3 aromatic carbocycles. The van der Waals surface area contributed by atoms with E-state index in [2.05, 4.69) is 0 Å². The topological polar surface area (TPSA) is 82.4 Å². The highest BCUT2D eigenvalue weighted by Gasteiger charge is 2.36. The summed E-state index contributed by atoms with van der Waals surface area (Å²) in [7, 11) is 4.78. The predicted molar refractivity (Wildman–Crippen MR) is 162 cm³/mol. The molecule has 2 heterocycles. The Labute approximate surface area is 242 Å². The maximum absolute atomic E-state index is 14.3. The summed E-state index contributed by atoms with van der Waals surface area (Å²) >= 11 is 1.28. The number of ether oxygens (including phenoxy) is 3. The average molecular weight is 572 g/mol. The highest BCUT2D eigenvalue weighted by atomic mass is 32.1. The lowest BCUT2D eigenvalue weighted by atomic mass is 9.90. The van der Waals surface area contributed by atoms with Crippen molar-refractivity contribution in [2.45, 2.75) is 26.8 Å². The minimum Gasteiger partial charge on any atom is -0.497 e. The molecule has 1 atom stereocenters. The van der Waals surface area contributed by atoms with Crippen molar-refractivity contribution < 1.29 is 19.0 Å². The Morgan fingerprint density at radius 1 is 1.00 bits per heavy atom. The molecule has 212 valence electrons. The van der Waals surface area contributed by atoms with E-state index in [9.17, 15) is 9.59 Å². The first-order valence-electron chi connectivity index (χ1n) is 13.5. The Morgan fingerprint density at radius 2 is 1.71 bits per heavy atom. The van der Waals surface area contributed by atoms with Gasteiger partial charge in [-0.05, 0) is 61.9 Å². The molecule has 4 aromatic rings. The van der Waals surface area contributed by atoms with Crippen LogP contribution in [-0.4, -0.2) is 49.8 Å². The molecular weight excluding hydrogens is 538 g/mol. The number of carbonyl (C=O) groups is 1. The monoisotopic (exact) mass is 571 g/mol. The lowest BCUT2D eigenvalue weighted by Crippen LogP contribution is -2.43. The molecule has 0 fully saturated rings. The first kappa shape index (κ1) is 28.2. The third-order valence-corrected chi connectivity index (χ3v) is 8.43. The fourth-order valence-electron chi connectivity index (χ4n) is 5.38. The van der Waals surface area contributed by atoms with E-state index < -0.39 is 6.04 Å². The van der Waals surface area contributed by atoms with Crippen molar-refractivity contribution in [1.29, 1.82) is 0 Å². The van der Waals surface area contributed by atoms with Gasteiger partial charge in [0, 0.05) is 24.2 Å². The number of carbonyl (C=O) groups excluding carboxylic acids is 1. The summed E-state index contributed by atoms with van der Waals surface area (Å²) in [5, 5.41) is 1.89. The number of rotatable bonds is 8. The summed E-state index contributed by atoms with van der Waals surface area (Å²) in [6, 6.07) is 16.5. The first-order valence-corrected chi connectivity index (χ1v) is 14.3. The van der Waals surface area contributed by atoms with E-state index in [1.807, 2.05) is 63.2 Å². The van der Waals surface area contributed by atoms with Crippen LogP contribution in [0.4, 0.5) is 0 Å². The van der Waals surface area contributed by atoms with Crippen LogP contribution in [0.5, 0.6) is 17.2 Å². The highest BCUT2D eigenvalue weighted by Crippen LogP contribution is 2.40. The van der Waals surface area contributed by atoms with Gasteiger partial charge in [0.1, 0.15) is 23.3 Å². The van der Waals surface area contributed by atoms with E-state index in [1.54, 1.807) is 49.0 Å². The summed E-state index contributed by atoms with van der Waals surface area (Å²) in [6.07, 6.45) is 1.79. The van der Waals surface area contributed by atoms with E-state index in [1.165, 1.54) is 11.3 Å². The van der Waals surface area contributed by atoms with Crippen LogP contribution in [0.2, 0.25) is 0 Å². The largest absolute Gasteiger partial charge is 0.497 e. The zero-order valence-electron chi connectivity index (χ0n) is 24.1. The van der Waals surface area contributed by atoms with Crippen molar-refractivity contribution in [2.75, 3.05) is 34.4 Å². The second-order valence-corrected chi connectivity index (χ2v) is 10.6. The summed E-state index contributed by atoms with van der Waals surface area (Å²) in [6.45, 7) is 6.80. The molecule has 0 saturated heterocycles. The van der Waals surface area contributed by atoms with Crippen LogP contribution in [0.3, 0.4) is 0 Å². The Kier molecular flexibility index (Phi) is 7.99. The van der Waals surface area contributed by atoms with Crippen LogP contribution in [0.25, 0.3) is 16.8 Å². The van der Waals surface area contributed by atoms with Gasteiger partial charge >= 0.3 is 0 Å². The van der Waals surface area contributed by atoms with E-state index in [-0.39, 0.29) is 11.5 Å². The summed E-state index contributed by atoms with van der Waals surface area (Å²) in [5.74, 6) is 1.70. The van der Waals surface area contributed by atoms with Crippen molar-refractivity contribution in [2.24, 2.45) is 4.99 Å². The minimum atomic E-state index is -0.741. The molecule has 5 rings (SSSR count). The molecule has 0 saturated carbocycles. The van der Waals surface area contributed by atoms with Crippen LogP contribution in [0.1, 0.15) is 37.9 Å². The van der Waals surface area contributed by atoms with Gasteiger partial charge in [-0.25, -0.2) is 4.99 Å². The van der Waals surface area contributed by atoms with Crippen LogP contribution in [-0.2, 0) is 4.79 Å². The third kappa shape index (κ3) is 4.91. The number of likely N-dealkylation sites (N-methyl/N-ethyl adjacent to an activating group) is 1. The van der Waals surface area contributed by atoms with E-state index in [0.717, 1.165) is 16.3 Å². The summed E-state index contributed by atoms with van der Waals surface area (Å²) < 4.78 is 18.9. The number of amides is 1. The van der Waals surface area contributed by atoms with Gasteiger partial charge in [0.05, 0.1) is 37.1 Å². The molecule has 1 aromatic heterocycles. The molecule has 1 aliphatic heterocycles. The van der Waals surface area contributed by atoms with E-state index in [0.29, 0.717) is 56.5 Å². The van der Waals surface area contributed by atoms with Crippen molar-refractivity contribution in [3.8, 4) is 17.2 Å². The molecule has 0 spiro atoms. The maximum Gasteiger partial charge on any atom is 0.271 e.